The van der Waals surface area contributed by atoms with Gasteiger partial charge in [0.1, 0.15) is 5.75 Å². The topological polar surface area (TPSA) is 67.4 Å². The molecule has 0 aliphatic heterocycles. The lowest BCUT2D eigenvalue weighted by molar-refractivity contribution is -0.120. The van der Waals surface area contributed by atoms with Crippen LogP contribution in [0.1, 0.15) is 24.9 Å². The maximum atomic E-state index is 12.7. The van der Waals surface area contributed by atoms with E-state index in [1.165, 1.54) is 13.0 Å². The molecule has 2 N–H and O–H groups in total. The van der Waals surface area contributed by atoms with E-state index in [0.717, 1.165) is 5.56 Å². The van der Waals surface area contributed by atoms with Gasteiger partial charge in [0.25, 0.3) is 5.76 Å². The van der Waals surface area contributed by atoms with Crippen LogP contribution in [0.4, 0.5) is 14.5 Å². The Morgan fingerprint density at radius 1 is 1.11 bits per heavy atom. The summed E-state index contributed by atoms with van der Waals surface area (Å²) in [6.07, 6.45) is -0.0421. The SMILES string of the molecule is COc1ccc(C(CC(=O)Nc2ccccc2SC(F)F)NC(C)=O)cc1. The van der Waals surface area contributed by atoms with Crippen molar-refractivity contribution in [2.75, 3.05) is 12.4 Å². The third-order valence-electron chi connectivity index (χ3n) is 3.66. The summed E-state index contributed by atoms with van der Waals surface area (Å²) >= 11 is 0.365. The largest absolute Gasteiger partial charge is 0.497 e. The van der Waals surface area contributed by atoms with Crippen molar-refractivity contribution in [3.05, 3.63) is 54.1 Å². The number of hydrogen-bond donors (Lipinski definition) is 2. The number of anilines is 1. The van der Waals surface area contributed by atoms with Gasteiger partial charge in [0.15, 0.2) is 0 Å². The Kier molecular flexibility index (Phi) is 7.60. The first-order valence-corrected chi connectivity index (χ1v) is 9.01. The number of amides is 2. The Hall–Kier alpha value is -2.61. The van der Waals surface area contributed by atoms with Crippen LogP contribution in [0, 0.1) is 0 Å². The maximum absolute atomic E-state index is 12.7. The molecule has 2 rings (SSSR count). The Bertz CT molecular complexity index is 785. The van der Waals surface area contributed by atoms with E-state index in [2.05, 4.69) is 10.6 Å². The van der Waals surface area contributed by atoms with Gasteiger partial charge in [0.2, 0.25) is 11.8 Å². The highest BCUT2D eigenvalue weighted by atomic mass is 32.2. The number of carbonyl (C=O) groups excluding carboxylic acids is 2. The normalized spacial score (nSPS) is 11.7. The average molecular weight is 394 g/mol. The predicted molar refractivity (Wildman–Crippen MR) is 101 cm³/mol. The monoisotopic (exact) mass is 394 g/mol. The summed E-state index contributed by atoms with van der Waals surface area (Å²) in [5.41, 5.74) is 1.04. The fourth-order valence-electron chi connectivity index (χ4n) is 2.49. The van der Waals surface area contributed by atoms with Crippen molar-refractivity contribution in [2.45, 2.75) is 30.0 Å². The Morgan fingerprint density at radius 3 is 2.37 bits per heavy atom. The van der Waals surface area contributed by atoms with Crippen molar-refractivity contribution in [2.24, 2.45) is 0 Å². The van der Waals surface area contributed by atoms with Gasteiger partial charge < -0.3 is 15.4 Å². The van der Waals surface area contributed by atoms with E-state index < -0.39 is 17.7 Å². The van der Waals surface area contributed by atoms with E-state index in [4.69, 9.17) is 4.74 Å². The molecule has 0 aliphatic carbocycles. The van der Waals surface area contributed by atoms with Gasteiger partial charge in [-0.2, -0.15) is 8.78 Å². The number of thioether (sulfide) groups is 1. The molecule has 144 valence electrons. The van der Waals surface area contributed by atoms with E-state index in [0.29, 0.717) is 23.2 Å². The minimum Gasteiger partial charge on any atom is -0.497 e. The van der Waals surface area contributed by atoms with E-state index in [9.17, 15) is 18.4 Å². The summed E-state index contributed by atoms with van der Waals surface area (Å²) in [7, 11) is 1.54. The number of hydrogen-bond acceptors (Lipinski definition) is 4. The summed E-state index contributed by atoms with van der Waals surface area (Å²) in [6.45, 7) is 1.36. The molecule has 0 spiro atoms. The molecular formula is C19H20F2N2O3S. The maximum Gasteiger partial charge on any atom is 0.288 e. The van der Waals surface area contributed by atoms with Gasteiger partial charge in [-0.25, -0.2) is 0 Å². The van der Waals surface area contributed by atoms with Crippen molar-refractivity contribution in [1.29, 1.82) is 0 Å². The minimum absolute atomic E-state index is 0.0421. The molecule has 0 bridgehead atoms. The zero-order valence-corrected chi connectivity index (χ0v) is 15.7. The molecule has 1 atom stereocenters. The molecule has 2 amide bonds. The average Bonchev–Trinajstić information content (AvgIpc) is 2.62. The molecule has 0 aliphatic rings. The second-order valence-electron chi connectivity index (χ2n) is 5.65. The Morgan fingerprint density at radius 2 is 1.78 bits per heavy atom. The van der Waals surface area contributed by atoms with Crippen LogP contribution >= 0.6 is 11.8 Å². The van der Waals surface area contributed by atoms with Crippen molar-refractivity contribution in [3.8, 4) is 5.75 Å². The second-order valence-corrected chi connectivity index (χ2v) is 6.69. The highest BCUT2D eigenvalue weighted by Crippen LogP contribution is 2.32. The van der Waals surface area contributed by atoms with Crippen LogP contribution in [0.25, 0.3) is 0 Å². The van der Waals surface area contributed by atoms with Gasteiger partial charge in [0, 0.05) is 11.8 Å². The fraction of sp³-hybridized carbons (Fsp3) is 0.263. The molecule has 5 nitrogen and oxygen atoms in total. The molecule has 2 aromatic carbocycles. The lowest BCUT2D eigenvalue weighted by atomic mass is 10.0. The summed E-state index contributed by atoms with van der Waals surface area (Å²) in [6, 6.07) is 12.8. The molecular weight excluding hydrogens is 374 g/mol. The first kappa shape index (κ1) is 20.7. The number of halogens is 2. The van der Waals surface area contributed by atoms with Crippen LogP contribution in [0.3, 0.4) is 0 Å². The Labute approximate surface area is 160 Å². The van der Waals surface area contributed by atoms with Crippen molar-refractivity contribution in [1.82, 2.24) is 5.32 Å². The molecule has 0 radical (unpaired) electrons. The van der Waals surface area contributed by atoms with Crippen LogP contribution in [-0.2, 0) is 9.59 Å². The predicted octanol–water partition coefficient (Wildman–Crippen LogP) is 4.22. The smallest absolute Gasteiger partial charge is 0.288 e. The lowest BCUT2D eigenvalue weighted by Crippen LogP contribution is -2.29. The van der Waals surface area contributed by atoms with Crippen LogP contribution in [0.2, 0.25) is 0 Å². The first-order valence-electron chi connectivity index (χ1n) is 8.13. The standard InChI is InChI=1S/C19H20F2N2O3S/c1-12(24)22-16(13-7-9-14(26-2)10-8-13)11-18(25)23-15-5-3-4-6-17(15)27-19(20)21/h3-10,16,19H,11H2,1-2H3,(H,22,24)(H,23,25). The third-order valence-corrected chi connectivity index (χ3v) is 4.45. The van der Waals surface area contributed by atoms with Gasteiger partial charge in [-0.1, -0.05) is 36.0 Å². The van der Waals surface area contributed by atoms with E-state index >= 15 is 0 Å². The molecule has 8 heteroatoms. The number of para-hydroxylation sites is 1. The zero-order chi connectivity index (χ0) is 19.8. The molecule has 0 saturated carbocycles. The summed E-state index contributed by atoms with van der Waals surface area (Å²) in [5.74, 6) is -2.61. The van der Waals surface area contributed by atoms with Crippen LogP contribution in [-0.4, -0.2) is 24.7 Å². The quantitative estimate of drug-likeness (QED) is 0.658. The summed E-state index contributed by atoms with van der Waals surface area (Å²) < 4.78 is 30.4. The van der Waals surface area contributed by atoms with Crippen molar-refractivity contribution in [3.63, 3.8) is 0 Å². The number of carbonyl (C=O) groups is 2. The molecule has 2 aromatic rings. The van der Waals surface area contributed by atoms with E-state index in [1.807, 2.05) is 0 Å². The van der Waals surface area contributed by atoms with Crippen LogP contribution < -0.4 is 15.4 Å². The van der Waals surface area contributed by atoms with E-state index in [-0.39, 0.29) is 17.2 Å². The van der Waals surface area contributed by atoms with Gasteiger partial charge in [-0.05, 0) is 29.8 Å². The number of nitrogens with one attached hydrogen (secondary N) is 2. The lowest BCUT2D eigenvalue weighted by Gasteiger charge is -2.19. The van der Waals surface area contributed by atoms with Crippen molar-refractivity contribution >= 4 is 29.3 Å². The van der Waals surface area contributed by atoms with E-state index in [1.54, 1.807) is 49.6 Å². The second kappa shape index (κ2) is 9.91. The van der Waals surface area contributed by atoms with Crippen LogP contribution in [0.5, 0.6) is 5.75 Å². The number of benzene rings is 2. The number of methoxy groups -OCH3 is 1. The highest BCUT2D eigenvalue weighted by Gasteiger charge is 2.19. The van der Waals surface area contributed by atoms with Crippen molar-refractivity contribution < 1.29 is 23.1 Å². The highest BCUT2D eigenvalue weighted by molar-refractivity contribution is 7.99. The Balaban J connectivity index is 2.13. The number of ether oxygens (including phenoxy) is 1. The van der Waals surface area contributed by atoms with Gasteiger partial charge in [0.05, 0.1) is 25.3 Å². The fourth-order valence-corrected chi connectivity index (χ4v) is 3.08. The summed E-state index contributed by atoms with van der Waals surface area (Å²) in [4.78, 5) is 24.2. The van der Waals surface area contributed by atoms with Gasteiger partial charge >= 0.3 is 0 Å². The molecule has 0 fully saturated rings. The first-order chi connectivity index (χ1) is 12.9. The van der Waals surface area contributed by atoms with Crippen LogP contribution in [0.15, 0.2) is 53.4 Å². The zero-order valence-electron chi connectivity index (χ0n) is 14.9. The molecule has 0 saturated heterocycles. The minimum atomic E-state index is -2.59. The summed E-state index contributed by atoms with van der Waals surface area (Å²) in [5, 5.41) is 5.37. The molecule has 0 aromatic heterocycles. The van der Waals surface area contributed by atoms with Gasteiger partial charge in [-0.15, -0.1) is 0 Å². The number of alkyl halides is 2. The molecule has 1 unspecified atom stereocenters. The van der Waals surface area contributed by atoms with Gasteiger partial charge in [-0.3, -0.25) is 9.59 Å². The molecule has 0 heterocycles. The molecule has 27 heavy (non-hydrogen) atoms. The number of rotatable bonds is 8. The third kappa shape index (κ3) is 6.56.